The highest BCUT2D eigenvalue weighted by Crippen LogP contribution is 2.28. The number of aromatic nitrogens is 2. The van der Waals surface area contributed by atoms with E-state index in [1.54, 1.807) is 24.3 Å². The number of hydrogen-bond donors (Lipinski definition) is 1. The van der Waals surface area contributed by atoms with Gasteiger partial charge in [-0.1, -0.05) is 36.4 Å². The predicted molar refractivity (Wildman–Crippen MR) is 121 cm³/mol. The number of nitrogens with zero attached hydrogens (tertiary/aromatic N) is 3. The number of aromatic hydroxyl groups is 1. The molecular formula is C26H25N3O2. The van der Waals surface area contributed by atoms with E-state index >= 15 is 0 Å². The fourth-order valence-electron chi connectivity index (χ4n) is 4.45. The third kappa shape index (κ3) is 3.97. The summed E-state index contributed by atoms with van der Waals surface area (Å²) in [6, 6.07) is 23.0. The van der Waals surface area contributed by atoms with Crippen LogP contribution in [-0.4, -0.2) is 38.3 Å². The number of phenols is 1. The zero-order chi connectivity index (χ0) is 21.2. The van der Waals surface area contributed by atoms with E-state index in [1.807, 2.05) is 36.4 Å². The molecule has 31 heavy (non-hydrogen) atoms. The Bertz CT molecular complexity index is 1190. The number of imidazole rings is 1. The van der Waals surface area contributed by atoms with Gasteiger partial charge in [0.25, 0.3) is 0 Å². The summed E-state index contributed by atoms with van der Waals surface area (Å²) < 4.78 is 2.18. The molecule has 0 unspecified atom stereocenters. The molecule has 0 radical (unpaired) electrons. The summed E-state index contributed by atoms with van der Waals surface area (Å²) in [5, 5.41) is 9.46. The van der Waals surface area contributed by atoms with Gasteiger partial charge >= 0.3 is 0 Å². The number of benzene rings is 2. The Balaban J connectivity index is 1.33. The number of phenolic OH excluding ortho intramolecular Hbond substituents is 1. The van der Waals surface area contributed by atoms with Crippen LogP contribution in [0, 0.1) is 5.92 Å². The van der Waals surface area contributed by atoms with Gasteiger partial charge in [0.1, 0.15) is 11.4 Å². The van der Waals surface area contributed by atoms with E-state index in [2.05, 4.69) is 27.6 Å². The molecule has 1 aliphatic heterocycles. The monoisotopic (exact) mass is 411 g/mol. The zero-order valence-electron chi connectivity index (χ0n) is 17.3. The number of likely N-dealkylation sites (tertiary alicyclic amines) is 1. The van der Waals surface area contributed by atoms with Crippen LogP contribution >= 0.6 is 0 Å². The molecule has 0 saturated carbocycles. The van der Waals surface area contributed by atoms with Crippen LogP contribution in [0.15, 0.2) is 79.0 Å². The Kier molecular flexibility index (Phi) is 5.26. The summed E-state index contributed by atoms with van der Waals surface area (Å²) in [7, 11) is 0. The van der Waals surface area contributed by atoms with Crippen molar-refractivity contribution in [3.05, 3.63) is 90.3 Å². The zero-order valence-corrected chi connectivity index (χ0v) is 17.3. The first kappa shape index (κ1) is 19.5. The molecule has 0 bridgehead atoms. The molecule has 5 rings (SSSR count). The van der Waals surface area contributed by atoms with E-state index in [0.717, 1.165) is 49.4 Å². The van der Waals surface area contributed by atoms with E-state index in [-0.39, 0.29) is 17.5 Å². The Hall–Kier alpha value is -3.44. The average molecular weight is 412 g/mol. The fraction of sp³-hybridized carbons (Fsp3) is 0.231. The van der Waals surface area contributed by atoms with Crippen molar-refractivity contribution in [1.29, 1.82) is 0 Å². The smallest absolute Gasteiger partial charge is 0.166 e. The minimum Gasteiger partial charge on any atom is -0.508 e. The second kappa shape index (κ2) is 8.36. The van der Waals surface area contributed by atoms with Crippen molar-refractivity contribution in [2.75, 3.05) is 13.1 Å². The minimum atomic E-state index is 0.0385. The molecule has 1 saturated heterocycles. The molecule has 0 spiro atoms. The molecule has 4 aromatic rings. The first-order chi connectivity index (χ1) is 15.2. The number of carbonyl (C=O) groups is 1. The molecule has 1 aliphatic rings. The molecule has 0 atom stereocenters. The number of rotatable bonds is 5. The van der Waals surface area contributed by atoms with Crippen molar-refractivity contribution in [2.24, 2.45) is 5.92 Å². The van der Waals surface area contributed by atoms with Gasteiger partial charge in [-0.25, -0.2) is 4.98 Å². The maximum Gasteiger partial charge on any atom is 0.166 e. The molecule has 156 valence electrons. The highest BCUT2D eigenvalue weighted by atomic mass is 16.3. The number of piperidine rings is 1. The standard InChI is InChI=1S/C26H25N3O2/c30-22-11-9-20(10-12-22)26(31)21-13-16-28(17-14-21)18-23-25(19-6-2-1-3-7-19)27-24-8-4-5-15-29(23)24/h1-12,15,21,30H,13-14,16-18H2. The van der Waals surface area contributed by atoms with Crippen LogP contribution in [-0.2, 0) is 6.54 Å². The maximum absolute atomic E-state index is 12.8. The van der Waals surface area contributed by atoms with Crippen molar-refractivity contribution in [1.82, 2.24) is 14.3 Å². The number of pyridine rings is 1. The van der Waals surface area contributed by atoms with Gasteiger partial charge in [0.2, 0.25) is 0 Å². The Labute approximate surface area is 181 Å². The summed E-state index contributed by atoms with van der Waals surface area (Å²) in [4.78, 5) is 20.2. The van der Waals surface area contributed by atoms with Crippen LogP contribution in [0.4, 0.5) is 0 Å². The second-order valence-corrected chi connectivity index (χ2v) is 8.16. The molecule has 5 heteroatoms. The van der Waals surface area contributed by atoms with Gasteiger partial charge in [-0.3, -0.25) is 9.69 Å². The second-order valence-electron chi connectivity index (χ2n) is 8.16. The van der Waals surface area contributed by atoms with Gasteiger partial charge in [0, 0.05) is 29.8 Å². The van der Waals surface area contributed by atoms with Gasteiger partial charge in [-0.2, -0.15) is 0 Å². The minimum absolute atomic E-state index is 0.0385. The van der Waals surface area contributed by atoms with Crippen LogP contribution in [0.25, 0.3) is 16.9 Å². The quantitative estimate of drug-likeness (QED) is 0.479. The molecule has 0 amide bonds. The SMILES string of the molecule is O=C(c1ccc(O)cc1)C1CCN(Cc2c(-c3ccccc3)nc3ccccn23)CC1. The van der Waals surface area contributed by atoms with E-state index in [4.69, 9.17) is 4.98 Å². The van der Waals surface area contributed by atoms with Crippen LogP contribution in [0.1, 0.15) is 28.9 Å². The lowest BCUT2D eigenvalue weighted by Crippen LogP contribution is -2.36. The molecular weight excluding hydrogens is 386 g/mol. The number of fused-ring (bicyclic) bond motifs is 1. The first-order valence-corrected chi connectivity index (χ1v) is 10.8. The lowest BCUT2D eigenvalue weighted by molar-refractivity contribution is 0.0834. The van der Waals surface area contributed by atoms with Gasteiger partial charge in [-0.15, -0.1) is 0 Å². The molecule has 2 aromatic heterocycles. The third-order valence-electron chi connectivity index (χ3n) is 6.16. The number of carbonyl (C=O) groups excluding carboxylic acids is 1. The highest BCUT2D eigenvalue weighted by molar-refractivity contribution is 5.98. The van der Waals surface area contributed by atoms with E-state index < -0.39 is 0 Å². The highest BCUT2D eigenvalue weighted by Gasteiger charge is 2.27. The normalized spacial score (nSPS) is 15.4. The van der Waals surface area contributed by atoms with E-state index in [1.165, 1.54) is 5.69 Å². The summed E-state index contributed by atoms with van der Waals surface area (Å²) in [6.45, 7) is 2.56. The predicted octanol–water partition coefficient (Wildman–Crippen LogP) is 4.80. The van der Waals surface area contributed by atoms with Crippen molar-refractivity contribution in [3.63, 3.8) is 0 Å². The summed E-state index contributed by atoms with van der Waals surface area (Å²) >= 11 is 0. The third-order valence-corrected chi connectivity index (χ3v) is 6.16. The lowest BCUT2D eigenvalue weighted by Gasteiger charge is -2.31. The van der Waals surface area contributed by atoms with Crippen molar-refractivity contribution in [2.45, 2.75) is 19.4 Å². The Morgan fingerprint density at radius 3 is 2.39 bits per heavy atom. The Morgan fingerprint density at radius 2 is 1.65 bits per heavy atom. The van der Waals surface area contributed by atoms with Gasteiger partial charge in [-0.05, 0) is 62.3 Å². The molecule has 1 fully saturated rings. The summed E-state index contributed by atoms with van der Waals surface area (Å²) in [6.07, 6.45) is 3.76. The van der Waals surface area contributed by atoms with Crippen molar-refractivity contribution < 1.29 is 9.90 Å². The molecule has 5 nitrogen and oxygen atoms in total. The summed E-state index contributed by atoms with van der Waals surface area (Å²) in [5.74, 6) is 0.407. The molecule has 0 aliphatic carbocycles. The molecule has 1 N–H and O–H groups in total. The van der Waals surface area contributed by atoms with E-state index in [0.29, 0.717) is 5.56 Å². The Morgan fingerprint density at radius 1 is 0.935 bits per heavy atom. The molecule has 2 aromatic carbocycles. The van der Waals surface area contributed by atoms with Crippen LogP contribution in [0.2, 0.25) is 0 Å². The maximum atomic E-state index is 12.8. The topological polar surface area (TPSA) is 57.8 Å². The number of ketones is 1. The van der Waals surface area contributed by atoms with Crippen LogP contribution in [0.5, 0.6) is 5.75 Å². The van der Waals surface area contributed by atoms with E-state index in [9.17, 15) is 9.90 Å². The van der Waals surface area contributed by atoms with Crippen molar-refractivity contribution >= 4 is 11.4 Å². The van der Waals surface area contributed by atoms with Gasteiger partial charge in [0.05, 0.1) is 11.4 Å². The number of Topliss-reactive ketones (excluding diaryl/α,β-unsaturated/α-hetero) is 1. The van der Waals surface area contributed by atoms with Gasteiger partial charge in [0.15, 0.2) is 5.78 Å². The lowest BCUT2D eigenvalue weighted by atomic mass is 9.89. The molecule has 3 heterocycles. The van der Waals surface area contributed by atoms with Crippen molar-refractivity contribution in [3.8, 4) is 17.0 Å². The number of hydrogen-bond acceptors (Lipinski definition) is 4. The average Bonchev–Trinajstić information content (AvgIpc) is 3.19. The van der Waals surface area contributed by atoms with Gasteiger partial charge < -0.3 is 9.51 Å². The van der Waals surface area contributed by atoms with Crippen LogP contribution < -0.4 is 0 Å². The summed E-state index contributed by atoms with van der Waals surface area (Å²) in [5.41, 5.74) is 4.97. The first-order valence-electron chi connectivity index (χ1n) is 10.8. The largest absolute Gasteiger partial charge is 0.508 e. The fourth-order valence-corrected chi connectivity index (χ4v) is 4.45. The van der Waals surface area contributed by atoms with Crippen LogP contribution in [0.3, 0.4) is 0 Å².